The minimum atomic E-state index is 0.260. The van der Waals surface area contributed by atoms with E-state index in [1.165, 1.54) is 0 Å². The Morgan fingerprint density at radius 3 is 2.79 bits per heavy atom. The van der Waals surface area contributed by atoms with Crippen LogP contribution < -0.4 is 11.5 Å². The van der Waals surface area contributed by atoms with Gasteiger partial charge in [-0.05, 0) is 18.2 Å². The molecule has 0 fully saturated rings. The van der Waals surface area contributed by atoms with Crippen molar-refractivity contribution < 1.29 is 0 Å². The van der Waals surface area contributed by atoms with E-state index in [0.717, 1.165) is 21.1 Å². The van der Waals surface area contributed by atoms with Crippen molar-refractivity contribution in [3.05, 3.63) is 28.4 Å². The standard InChI is InChI=1S/C9H9BrN4/c10-5-1-2-6-7(3-5)13-9(12)14-8(6)4-11/h1-3H,4,11H2,(H2,12,13,14). The van der Waals surface area contributed by atoms with E-state index in [-0.39, 0.29) is 5.95 Å². The number of fused-ring (bicyclic) bond motifs is 1. The van der Waals surface area contributed by atoms with Crippen molar-refractivity contribution in [1.82, 2.24) is 9.97 Å². The van der Waals surface area contributed by atoms with E-state index in [0.29, 0.717) is 6.54 Å². The Kier molecular flexibility index (Phi) is 2.35. The molecule has 2 rings (SSSR count). The van der Waals surface area contributed by atoms with Gasteiger partial charge >= 0.3 is 0 Å². The number of rotatable bonds is 1. The lowest BCUT2D eigenvalue weighted by Crippen LogP contribution is -2.05. The highest BCUT2D eigenvalue weighted by Crippen LogP contribution is 2.20. The fraction of sp³-hybridized carbons (Fsp3) is 0.111. The van der Waals surface area contributed by atoms with Crippen LogP contribution in [0.15, 0.2) is 22.7 Å². The molecule has 0 aliphatic heterocycles. The maximum Gasteiger partial charge on any atom is 0.220 e. The lowest BCUT2D eigenvalue weighted by molar-refractivity contribution is 0.997. The highest BCUT2D eigenvalue weighted by atomic mass is 79.9. The number of aromatic nitrogens is 2. The molecule has 0 aliphatic carbocycles. The number of nitrogens with zero attached hydrogens (tertiary/aromatic N) is 2. The summed E-state index contributed by atoms with van der Waals surface area (Å²) < 4.78 is 0.964. The highest BCUT2D eigenvalue weighted by Gasteiger charge is 2.04. The number of anilines is 1. The van der Waals surface area contributed by atoms with Gasteiger partial charge in [0.1, 0.15) is 0 Å². The fourth-order valence-corrected chi connectivity index (χ4v) is 1.69. The average molecular weight is 253 g/mol. The molecule has 0 radical (unpaired) electrons. The number of nitrogens with two attached hydrogens (primary N) is 2. The van der Waals surface area contributed by atoms with E-state index in [9.17, 15) is 0 Å². The highest BCUT2D eigenvalue weighted by molar-refractivity contribution is 9.10. The molecule has 0 atom stereocenters. The lowest BCUT2D eigenvalue weighted by atomic mass is 10.2. The zero-order chi connectivity index (χ0) is 10.1. The predicted molar refractivity (Wildman–Crippen MR) is 59.5 cm³/mol. The monoisotopic (exact) mass is 252 g/mol. The molecule has 0 aliphatic rings. The summed E-state index contributed by atoms with van der Waals surface area (Å²) in [6.45, 7) is 0.366. The van der Waals surface area contributed by atoms with Crippen LogP contribution in [-0.4, -0.2) is 9.97 Å². The van der Waals surface area contributed by atoms with Gasteiger partial charge in [-0.2, -0.15) is 0 Å². The van der Waals surface area contributed by atoms with Crippen molar-refractivity contribution in [2.75, 3.05) is 5.73 Å². The third-order valence-corrected chi connectivity index (χ3v) is 2.44. The normalized spacial score (nSPS) is 10.7. The Morgan fingerprint density at radius 2 is 2.07 bits per heavy atom. The van der Waals surface area contributed by atoms with Gasteiger partial charge in [0.25, 0.3) is 0 Å². The van der Waals surface area contributed by atoms with Crippen molar-refractivity contribution in [3.63, 3.8) is 0 Å². The zero-order valence-corrected chi connectivity index (χ0v) is 8.95. The van der Waals surface area contributed by atoms with Crippen molar-refractivity contribution >= 4 is 32.8 Å². The molecule has 2 aromatic rings. The summed E-state index contributed by atoms with van der Waals surface area (Å²) in [5, 5.41) is 0.949. The number of hydrogen-bond acceptors (Lipinski definition) is 4. The summed E-state index contributed by atoms with van der Waals surface area (Å²) in [6.07, 6.45) is 0. The molecule has 5 heteroatoms. The molecule has 0 saturated carbocycles. The molecule has 4 nitrogen and oxygen atoms in total. The van der Waals surface area contributed by atoms with Gasteiger partial charge in [0, 0.05) is 16.4 Å². The van der Waals surface area contributed by atoms with Crippen molar-refractivity contribution in [1.29, 1.82) is 0 Å². The number of hydrogen-bond donors (Lipinski definition) is 2. The first-order valence-electron chi connectivity index (χ1n) is 4.12. The second-order valence-electron chi connectivity index (χ2n) is 2.89. The Bertz CT molecular complexity index is 478. The van der Waals surface area contributed by atoms with E-state index in [2.05, 4.69) is 25.9 Å². The largest absolute Gasteiger partial charge is 0.368 e. The van der Waals surface area contributed by atoms with Crippen LogP contribution in [0.25, 0.3) is 10.9 Å². The van der Waals surface area contributed by atoms with Gasteiger partial charge in [-0.3, -0.25) is 0 Å². The van der Waals surface area contributed by atoms with Crippen molar-refractivity contribution in [2.24, 2.45) is 5.73 Å². The minimum absolute atomic E-state index is 0.260. The summed E-state index contributed by atoms with van der Waals surface area (Å²) in [7, 11) is 0. The number of halogens is 1. The van der Waals surface area contributed by atoms with E-state index in [1.807, 2.05) is 18.2 Å². The Labute approximate surface area is 89.5 Å². The summed E-state index contributed by atoms with van der Waals surface area (Å²) in [5.41, 5.74) is 12.7. The molecule has 0 saturated heterocycles. The fourth-order valence-electron chi connectivity index (χ4n) is 1.34. The Balaban J connectivity index is 2.81. The molecule has 0 bridgehead atoms. The maximum atomic E-state index is 5.57. The van der Waals surface area contributed by atoms with Crippen molar-refractivity contribution in [3.8, 4) is 0 Å². The molecular weight excluding hydrogens is 244 g/mol. The average Bonchev–Trinajstić information content (AvgIpc) is 2.15. The molecular formula is C9H9BrN4. The molecule has 72 valence electrons. The quantitative estimate of drug-likeness (QED) is 0.805. The lowest BCUT2D eigenvalue weighted by Gasteiger charge is -2.04. The van der Waals surface area contributed by atoms with E-state index in [1.54, 1.807) is 0 Å². The molecule has 0 spiro atoms. The predicted octanol–water partition coefficient (Wildman–Crippen LogP) is 1.43. The van der Waals surface area contributed by atoms with Gasteiger partial charge in [-0.25, -0.2) is 9.97 Å². The van der Waals surface area contributed by atoms with E-state index < -0.39 is 0 Å². The van der Waals surface area contributed by atoms with Crippen molar-refractivity contribution in [2.45, 2.75) is 6.54 Å². The number of nitrogen functional groups attached to an aromatic ring is 1. The minimum Gasteiger partial charge on any atom is -0.368 e. The van der Waals surface area contributed by atoms with E-state index >= 15 is 0 Å². The van der Waals surface area contributed by atoms with Crippen LogP contribution in [0.2, 0.25) is 0 Å². The van der Waals surface area contributed by atoms with Crippen LogP contribution in [0.3, 0.4) is 0 Å². The third kappa shape index (κ3) is 1.56. The summed E-state index contributed by atoms with van der Waals surface area (Å²) in [4.78, 5) is 8.20. The first kappa shape index (κ1) is 9.36. The maximum absolute atomic E-state index is 5.57. The van der Waals surface area contributed by atoms with Gasteiger partial charge in [0.2, 0.25) is 5.95 Å². The van der Waals surface area contributed by atoms with Gasteiger partial charge in [0.05, 0.1) is 11.2 Å². The second kappa shape index (κ2) is 3.51. The first-order chi connectivity index (χ1) is 6.70. The van der Waals surface area contributed by atoms with E-state index in [4.69, 9.17) is 11.5 Å². The molecule has 0 amide bonds. The molecule has 4 N–H and O–H groups in total. The van der Waals surface area contributed by atoms with Crippen LogP contribution in [0.1, 0.15) is 5.69 Å². The molecule has 1 aromatic carbocycles. The Hall–Kier alpha value is -1.20. The zero-order valence-electron chi connectivity index (χ0n) is 7.37. The van der Waals surface area contributed by atoms with Gasteiger partial charge < -0.3 is 11.5 Å². The smallest absolute Gasteiger partial charge is 0.220 e. The molecule has 14 heavy (non-hydrogen) atoms. The third-order valence-electron chi connectivity index (χ3n) is 1.95. The summed E-state index contributed by atoms with van der Waals surface area (Å²) in [5.74, 6) is 0.260. The van der Waals surface area contributed by atoms with Crippen LogP contribution in [-0.2, 0) is 6.54 Å². The van der Waals surface area contributed by atoms with Gasteiger partial charge in [0.15, 0.2) is 0 Å². The SMILES string of the molecule is NCc1nc(N)nc2cc(Br)ccc12. The van der Waals surface area contributed by atoms with Gasteiger partial charge in [-0.15, -0.1) is 0 Å². The van der Waals surface area contributed by atoms with Crippen LogP contribution >= 0.6 is 15.9 Å². The summed E-state index contributed by atoms with van der Waals surface area (Å²) in [6, 6.07) is 5.76. The Morgan fingerprint density at radius 1 is 1.29 bits per heavy atom. The van der Waals surface area contributed by atoms with Gasteiger partial charge in [-0.1, -0.05) is 15.9 Å². The first-order valence-corrected chi connectivity index (χ1v) is 4.91. The van der Waals surface area contributed by atoms with Crippen LogP contribution in [0.4, 0.5) is 5.95 Å². The number of benzene rings is 1. The van der Waals surface area contributed by atoms with Crippen LogP contribution in [0, 0.1) is 0 Å². The summed E-state index contributed by atoms with van der Waals surface area (Å²) >= 11 is 3.37. The molecule has 0 unspecified atom stereocenters. The second-order valence-corrected chi connectivity index (χ2v) is 3.81. The molecule has 1 heterocycles. The topological polar surface area (TPSA) is 77.8 Å². The molecule has 1 aromatic heterocycles. The van der Waals surface area contributed by atoms with Crippen LogP contribution in [0.5, 0.6) is 0 Å².